The van der Waals surface area contributed by atoms with E-state index >= 15 is 0 Å². The van der Waals surface area contributed by atoms with Gasteiger partial charge in [0.1, 0.15) is 6.04 Å². The van der Waals surface area contributed by atoms with Crippen LogP contribution in [0.1, 0.15) is 18.5 Å². The van der Waals surface area contributed by atoms with Crippen molar-refractivity contribution in [2.45, 2.75) is 19.0 Å². The molecular formula is C13H18ClNO3. The van der Waals surface area contributed by atoms with Crippen LogP contribution < -0.4 is 0 Å². The third-order valence-corrected chi connectivity index (χ3v) is 3.41. The number of nitrogens with zero attached hydrogens (tertiary/aromatic N) is 1. The molecule has 1 rings (SSSR count). The Labute approximate surface area is 112 Å². The third-order valence-electron chi connectivity index (χ3n) is 3.07. The number of rotatable bonds is 6. The van der Waals surface area contributed by atoms with E-state index in [1.54, 1.807) is 18.0 Å². The summed E-state index contributed by atoms with van der Waals surface area (Å²) in [5.74, 6) is -0.904. The predicted molar refractivity (Wildman–Crippen MR) is 70.9 cm³/mol. The summed E-state index contributed by atoms with van der Waals surface area (Å²) in [6.45, 7) is 2.06. The molecule has 0 fully saturated rings. The van der Waals surface area contributed by atoms with Crippen LogP contribution in [0.2, 0.25) is 5.02 Å². The standard InChI is InChI=1S/C13H18ClNO3/c1-9(10-6-4-5-7-11(10)14)15(2)12(8-18-3)13(16)17/h4-7,9,12H,8H2,1-3H3,(H,16,17). The highest BCUT2D eigenvalue weighted by Gasteiger charge is 2.27. The largest absolute Gasteiger partial charge is 0.480 e. The summed E-state index contributed by atoms with van der Waals surface area (Å²) >= 11 is 6.12. The molecule has 18 heavy (non-hydrogen) atoms. The minimum Gasteiger partial charge on any atom is -0.480 e. The van der Waals surface area contributed by atoms with Crippen molar-refractivity contribution in [2.75, 3.05) is 20.8 Å². The molecule has 0 saturated heterocycles. The maximum atomic E-state index is 11.2. The molecule has 0 aliphatic carbocycles. The number of carboxylic acids is 1. The van der Waals surface area contributed by atoms with E-state index in [0.717, 1.165) is 5.56 Å². The van der Waals surface area contributed by atoms with E-state index in [2.05, 4.69) is 0 Å². The van der Waals surface area contributed by atoms with Gasteiger partial charge in [-0.05, 0) is 25.6 Å². The quantitative estimate of drug-likeness (QED) is 0.863. The number of carboxylic acid groups (broad SMARTS) is 1. The highest BCUT2D eigenvalue weighted by molar-refractivity contribution is 6.31. The number of hydrogen-bond donors (Lipinski definition) is 1. The minimum absolute atomic E-state index is 0.102. The first-order valence-corrected chi connectivity index (χ1v) is 6.05. The van der Waals surface area contributed by atoms with Gasteiger partial charge < -0.3 is 9.84 Å². The van der Waals surface area contributed by atoms with Gasteiger partial charge in [0, 0.05) is 18.2 Å². The molecule has 0 saturated carbocycles. The van der Waals surface area contributed by atoms with Crippen LogP contribution in [0.25, 0.3) is 0 Å². The van der Waals surface area contributed by atoms with E-state index in [1.807, 2.05) is 25.1 Å². The van der Waals surface area contributed by atoms with Crippen LogP contribution in [0.4, 0.5) is 0 Å². The maximum absolute atomic E-state index is 11.2. The van der Waals surface area contributed by atoms with Crippen LogP contribution in [-0.2, 0) is 9.53 Å². The topological polar surface area (TPSA) is 49.8 Å². The van der Waals surface area contributed by atoms with Gasteiger partial charge in [0.2, 0.25) is 0 Å². The minimum atomic E-state index is -0.904. The SMILES string of the molecule is COCC(C(=O)O)N(C)C(C)c1ccccc1Cl. The van der Waals surface area contributed by atoms with E-state index in [9.17, 15) is 9.90 Å². The van der Waals surface area contributed by atoms with E-state index in [0.29, 0.717) is 5.02 Å². The molecule has 2 atom stereocenters. The molecule has 0 heterocycles. The van der Waals surface area contributed by atoms with Crippen molar-refractivity contribution in [2.24, 2.45) is 0 Å². The van der Waals surface area contributed by atoms with Crippen molar-refractivity contribution in [3.05, 3.63) is 34.9 Å². The molecule has 0 aliphatic rings. The monoisotopic (exact) mass is 271 g/mol. The maximum Gasteiger partial charge on any atom is 0.323 e. The first-order valence-electron chi connectivity index (χ1n) is 5.67. The fraction of sp³-hybridized carbons (Fsp3) is 0.462. The van der Waals surface area contributed by atoms with Crippen molar-refractivity contribution >= 4 is 17.6 Å². The van der Waals surface area contributed by atoms with Gasteiger partial charge in [0.15, 0.2) is 0 Å². The molecule has 0 aliphatic heterocycles. The summed E-state index contributed by atoms with van der Waals surface area (Å²) in [5, 5.41) is 9.82. The third kappa shape index (κ3) is 3.45. The van der Waals surface area contributed by atoms with Gasteiger partial charge in [0.25, 0.3) is 0 Å². The number of benzene rings is 1. The summed E-state index contributed by atoms with van der Waals surface area (Å²) in [6, 6.07) is 6.64. The van der Waals surface area contributed by atoms with Gasteiger partial charge in [-0.3, -0.25) is 9.69 Å². The highest BCUT2D eigenvalue weighted by atomic mass is 35.5. The van der Waals surface area contributed by atoms with Crippen LogP contribution >= 0.6 is 11.6 Å². The molecule has 1 N–H and O–H groups in total. The van der Waals surface area contributed by atoms with Gasteiger partial charge >= 0.3 is 5.97 Å². The second-order valence-corrected chi connectivity index (χ2v) is 4.58. The van der Waals surface area contributed by atoms with E-state index in [4.69, 9.17) is 16.3 Å². The van der Waals surface area contributed by atoms with Gasteiger partial charge in [-0.25, -0.2) is 0 Å². The average Bonchev–Trinajstić information content (AvgIpc) is 2.34. The van der Waals surface area contributed by atoms with Crippen LogP contribution in [0, 0.1) is 0 Å². The Hall–Kier alpha value is -1.10. The lowest BCUT2D eigenvalue weighted by molar-refractivity contribution is -0.145. The van der Waals surface area contributed by atoms with Crippen LogP contribution in [0.3, 0.4) is 0 Å². The smallest absolute Gasteiger partial charge is 0.323 e. The lowest BCUT2D eigenvalue weighted by atomic mass is 10.1. The zero-order valence-electron chi connectivity index (χ0n) is 10.8. The van der Waals surface area contributed by atoms with Gasteiger partial charge in [0.05, 0.1) is 6.61 Å². The lowest BCUT2D eigenvalue weighted by Crippen LogP contribution is -2.43. The second kappa shape index (κ2) is 6.73. The summed E-state index contributed by atoms with van der Waals surface area (Å²) in [5.41, 5.74) is 0.906. The normalized spacial score (nSPS) is 14.5. The Kier molecular flexibility index (Phi) is 5.59. The fourth-order valence-corrected chi connectivity index (χ4v) is 2.12. The van der Waals surface area contributed by atoms with Crippen molar-refractivity contribution in [3.63, 3.8) is 0 Å². The summed E-state index contributed by atoms with van der Waals surface area (Å²) in [7, 11) is 3.25. The number of aliphatic carboxylic acids is 1. The van der Waals surface area contributed by atoms with E-state index < -0.39 is 12.0 Å². The molecule has 0 amide bonds. The van der Waals surface area contributed by atoms with E-state index in [-0.39, 0.29) is 12.6 Å². The van der Waals surface area contributed by atoms with Crippen molar-refractivity contribution < 1.29 is 14.6 Å². The van der Waals surface area contributed by atoms with Gasteiger partial charge in [-0.1, -0.05) is 29.8 Å². The summed E-state index contributed by atoms with van der Waals surface area (Å²) < 4.78 is 4.95. The van der Waals surface area contributed by atoms with Crippen LogP contribution in [0.15, 0.2) is 24.3 Å². The summed E-state index contributed by atoms with van der Waals surface area (Å²) in [6.07, 6.45) is 0. The first kappa shape index (κ1) is 15.0. The Morgan fingerprint density at radius 3 is 2.61 bits per heavy atom. The molecule has 2 unspecified atom stereocenters. The highest BCUT2D eigenvalue weighted by Crippen LogP contribution is 2.27. The second-order valence-electron chi connectivity index (χ2n) is 4.17. The fourth-order valence-electron chi connectivity index (χ4n) is 1.82. The zero-order valence-corrected chi connectivity index (χ0v) is 11.5. The molecule has 100 valence electrons. The predicted octanol–water partition coefficient (Wildman–Crippen LogP) is 2.43. The van der Waals surface area contributed by atoms with Crippen molar-refractivity contribution in [1.82, 2.24) is 4.90 Å². The summed E-state index contributed by atoms with van der Waals surface area (Å²) in [4.78, 5) is 12.9. The number of ether oxygens (including phenoxy) is 1. The lowest BCUT2D eigenvalue weighted by Gasteiger charge is -2.30. The Balaban J connectivity index is 2.91. The Bertz CT molecular complexity index is 411. The molecule has 4 nitrogen and oxygen atoms in total. The number of halogens is 1. The number of likely N-dealkylation sites (N-methyl/N-ethyl adjacent to an activating group) is 1. The first-order chi connectivity index (χ1) is 8.49. The van der Waals surface area contributed by atoms with Gasteiger partial charge in [-0.2, -0.15) is 0 Å². The molecule has 0 radical (unpaired) electrons. The average molecular weight is 272 g/mol. The van der Waals surface area contributed by atoms with Gasteiger partial charge in [-0.15, -0.1) is 0 Å². The molecule has 0 spiro atoms. The molecule has 0 bridgehead atoms. The van der Waals surface area contributed by atoms with Crippen LogP contribution in [-0.4, -0.2) is 42.8 Å². The van der Waals surface area contributed by atoms with E-state index in [1.165, 1.54) is 7.11 Å². The van der Waals surface area contributed by atoms with Crippen molar-refractivity contribution in [1.29, 1.82) is 0 Å². The number of methoxy groups -OCH3 is 1. The Morgan fingerprint density at radius 2 is 2.11 bits per heavy atom. The van der Waals surface area contributed by atoms with Crippen LogP contribution in [0.5, 0.6) is 0 Å². The molecular weight excluding hydrogens is 254 g/mol. The molecule has 1 aromatic carbocycles. The molecule has 1 aromatic rings. The number of carbonyl (C=O) groups is 1. The van der Waals surface area contributed by atoms with Crippen molar-refractivity contribution in [3.8, 4) is 0 Å². The zero-order chi connectivity index (χ0) is 13.7. The Morgan fingerprint density at radius 1 is 1.50 bits per heavy atom. The molecule has 0 aromatic heterocycles. The molecule has 5 heteroatoms. The number of hydrogen-bond acceptors (Lipinski definition) is 3.